The van der Waals surface area contributed by atoms with E-state index in [-0.39, 0.29) is 0 Å². The summed E-state index contributed by atoms with van der Waals surface area (Å²) in [6.45, 7) is 12.2. The highest BCUT2D eigenvalue weighted by molar-refractivity contribution is 4.90. The minimum absolute atomic E-state index is 0.491. The van der Waals surface area contributed by atoms with Crippen molar-refractivity contribution in [2.75, 3.05) is 26.2 Å². The first kappa shape index (κ1) is 11.4. The van der Waals surface area contributed by atoms with Crippen LogP contribution in [-0.4, -0.2) is 37.1 Å². The number of fused-ring (bicyclic) bond motifs is 1. The summed E-state index contributed by atoms with van der Waals surface area (Å²) in [5, 5.41) is 3.62. The van der Waals surface area contributed by atoms with Gasteiger partial charge in [0.2, 0.25) is 0 Å². The van der Waals surface area contributed by atoms with E-state index in [4.69, 9.17) is 0 Å². The van der Waals surface area contributed by atoms with Crippen molar-refractivity contribution in [3.05, 3.63) is 0 Å². The summed E-state index contributed by atoms with van der Waals surface area (Å²) in [5.41, 5.74) is 0.491. The van der Waals surface area contributed by atoms with Crippen molar-refractivity contribution >= 4 is 0 Å². The van der Waals surface area contributed by atoms with E-state index in [1.165, 1.54) is 45.4 Å². The fourth-order valence-electron chi connectivity index (χ4n) is 2.82. The Kier molecular flexibility index (Phi) is 3.36. The molecule has 0 aliphatic carbocycles. The molecule has 0 bridgehead atoms. The third-order valence-corrected chi connectivity index (χ3v) is 3.92. The number of nitrogens with zero attached hydrogens (tertiary/aromatic N) is 1. The van der Waals surface area contributed by atoms with Gasteiger partial charge in [-0.1, -0.05) is 20.8 Å². The Hall–Kier alpha value is -0.0800. The third kappa shape index (κ3) is 3.18. The van der Waals surface area contributed by atoms with Gasteiger partial charge in [0.05, 0.1) is 0 Å². The SMILES string of the molecule is CC(C)(C)CCN1CCC2NCCC2C1. The van der Waals surface area contributed by atoms with Gasteiger partial charge in [0.15, 0.2) is 0 Å². The number of hydrogen-bond acceptors (Lipinski definition) is 2. The molecule has 0 saturated carbocycles. The zero-order chi connectivity index (χ0) is 10.9. The summed E-state index contributed by atoms with van der Waals surface area (Å²) in [4.78, 5) is 2.68. The second-order valence-corrected chi connectivity index (χ2v) is 6.51. The average Bonchev–Trinajstić information content (AvgIpc) is 2.60. The van der Waals surface area contributed by atoms with Crippen molar-refractivity contribution in [3.8, 4) is 0 Å². The number of hydrogen-bond donors (Lipinski definition) is 1. The molecule has 2 atom stereocenters. The van der Waals surface area contributed by atoms with E-state index in [1.54, 1.807) is 0 Å². The Morgan fingerprint density at radius 3 is 2.80 bits per heavy atom. The first-order valence-corrected chi connectivity index (χ1v) is 6.50. The topological polar surface area (TPSA) is 15.3 Å². The molecule has 2 rings (SSSR count). The summed E-state index contributed by atoms with van der Waals surface area (Å²) < 4.78 is 0. The Labute approximate surface area is 94.4 Å². The molecule has 88 valence electrons. The lowest BCUT2D eigenvalue weighted by Crippen LogP contribution is -2.45. The van der Waals surface area contributed by atoms with Crippen molar-refractivity contribution in [1.82, 2.24) is 10.2 Å². The Morgan fingerprint density at radius 1 is 1.27 bits per heavy atom. The fourth-order valence-corrected chi connectivity index (χ4v) is 2.82. The van der Waals surface area contributed by atoms with E-state index in [9.17, 15) is 0 Å². The van der Waals surface area contributed by atoms with Crippen molar-refractivity contribution in [1.29, 1.82) is 0 Å². The van der Waals surface area contributed by atoms with Gasteiger partial charge >= 0.3 is 0 Å². The summed E-state index contributed by atoms with van der Waals surface area (Å²) in [6, 6.07) is 0.843. The summed E-state index contributed by atoms with van der Waals surface area (Å²) in [6.07, 6.45) is 4.10. The maximum Gasteiger partial charge on any atom is 0.0120 e. The van der Waals surface area contributed by atoms with Gasteiger partial charge in [0.1, 0.15) is 0 Å². The Bertz CT molecular complexity index is 207. The van der Waals surface area contributed by atoms with Gasteiger partial charge in [-0.3, -0.25) is 0 Å². The first-order chi connectivity index (χ1) is 7.04. The molecule has 0 radical (unpaired) electrons. The molecule has 1 N–H and O–H groups in total. The maximum atomic E-state index is 3.62. The lowest BCUT2D eigenvalue weighted by molar-refractivity contribution is 0.145. The molecule has 2 saturated heterocycles. The zero-order valence-electron chi connectivity index (χ0n) is 10.6. The smallest absolute Gasteiger partial charge is 0.0120 e. The van der Waals surface area contributed by atoms with E-state index in [2.05, 4.69) is 31.0 Å². The van der Waals surface area contributed by atoms with Crippen LogP contribution in [0.5, 0.6) is 0 Å². The molecule has 2 fully saturated rings. The fraction of sp³-hybridized carbons (Fsp3) is 1.00. The monoisotopic (exact) mass is 210 g/mol. The summed E-state index contributed by atoms with van der Waals surface area (Å²) in [7, 11) is 0. The third-order valence-electron chi connectivity index (χ3n) is 3.92. The van der Waals surface area contributed by atoms with Gasteiger partial charge in [0.25, 0.3) is 0 Å². The highest BCUT2D eigenvalue weighted by atomic mass is 15.2. The van der Waals surface area contributed by atoms with Crippen LogP contribution >= 0.6 is 0 Å². The molecule has 15 heavy (non-hydrogen) atoms. The molecule has 0 aromatic heterocycles. The molecule has 2 aliphatic rings. The standard InChI is InChI=1S/C13H26N2/c1-13(2,3)6-9-15-8-5-12-11(10-15)4-7-14-12/h11-12,14H,4-10H2,1-3H3. The van der Waals surface area contributed by atoms with E-state index in [0.717, 1.165) is 12.0 Å². The van der Waals surface area contributed by atoms with Gasteiger partial charge in [-0.2, -0.15) is 0 Å². The maximum absolute atomic E-state index is 3.62. The van der Waals surface area contributed by atoms with Crippen LogP contribution in [0.1, 0.15) is 40.0 Å². The Morgan fingerprint density at radius 2 is 2.07 bits per heavy atom. The molecule has 2 heteroatoms. The second-order valence-electron chi connectivity index (χ2n) is 6.51. The number of piperidine rings is 1. The van der Waals surface area contributed by atoms with Gasteiger partial charge in [-0.25, -0.2) is 0 Å². The highest BCUT2D eigenvalue weighted by Crippen LogP contribution is 2.26. The summed E-state index contributed by atoms with van der Waals surface area (Å²) in [5.74, 6) is 0.943. The Balaban J connectivity index is 1.75. The zero-order valence-corrected chi connectivity index (χ0v) is 10.6. The van der Waals surface area contributed by atoms with E-state index in [1.807, 2.05) is 0 Å². The quantitative estimate of drug-likeness (QED) is 0.751. The van der Waals surface area contributed by atoms with E-state index >= 15 is 0 Å². The minimum atomic E-state index is 0.491. The van der Waals surface area contributed by atoms with Crippen molar-refractivity contribution < 1.29 is 0 Å². The van der Waals surface area contributed by atoms with Crippen molar-refractivity contribution in [2.24, 2.45) is 11.3 Å². The minimum Gasteiger partial charge on any atom is -0.314 e. The van der Waals surface area contributed by atoms with Crippen molar-refractivity contribution in [2.45, 2.75) is 46.1 Å². The van der Waals surface area contributed by atoms with Gasteiger partial charge < -0.3 is 10.2 Å². The van der Waals surface area contributed by atoms with Gasteiger partial charge in [0, 0.05) is 12.6 Å². The normalized spacial score (nSPS) is 33.0. The molecule has 0 aromatic carbocycles. The van der Waals surface area contributed by atoms with E-state index < -0.39 is 0 Å². The largest absolute Gasteiger partial charge is 0.314 e. The molecule has 0 spiro atoms. The molecular formula is C13H26N2. The molecule has 2 nitrogen and oxygen atoms in total. The predicted octanol–water partition coefficient (Wildman–Crippen LogP) is 2.11. The lowest BCUT2D eigenvalue weighted by atomic mass is 9.90. The van der Waals surface area contributed by atoms with Crippen LogP contribution in [0, 0.1) is 11.3 Å². The second kappa shape index (κ2) is 4.42. The summed E-state index contributed by atoms with van der Waals surface area (Å²) >= 11 is 0. The van der Waals surface area contributed by atoms with E-state index in [0.29, 0.717) is 5.41 Å². The van der Waals surface area contributed by atoms with Gasteiger partial charge in [-0.15, -0.1) is 0 Å². The number of nitrogens with one attached hydrogen (secondary N) is 1. The van der Waals surface area contributed by atoms with Crippen LogP contribution in [0.4, 0.5) is 0 Å². The highest BCUT2D eigenvalue weighted by Gasteiger charge is 2.32. The predicted molar refractivity (Wildman–Crippen MR) is 65.0 cm³/mol. The van der Waals surface area contributed by atoms with Crippen LogP contribution < -0.4 is 5.32 Å². The van der Waals surface area contributed by atoms with Crippen LogP contribution in [0.15, 0.2) is 0 Å². The van der Waals surface area contributed by atoms with Crippen LogP contribution in [0.25, 0.3) is 0 Å². The number of rotatable bonds is 2. The first-order valence-electron chi connectivity index (χ1n) is 6.50. The molecule has 0 amide bonds. The van der Waals surface area contributed by atoms with Crippen molar-refractivity contribution in [3.63, 3.8) is 0 Å². The van der Waals surface area contributed by atoms with Crippen LogP contribution in [0.2, 0.25) is 0 Å². The van der Waals surface area contributed by atoms with Crippen LogP contribution in [0.3, 0.4) is 0 Å². The molecule has 2 heterocycles. The molecule has 2 aliphatic heterocycles. The molecule has 2 unspecified atom stereocenters. The average molecular weight is 210 g/mol. The lowest BCUT2D eigenvalue weighted by Gasteiger charge is -2.36. The van der Waals surface area contributed by atoms with Gasteiger partial charge in [-0.05, 0) is 50.2 Å². The number of likely N-dealkylation sites (tertiary alicyclic amines) is 1. The van der Waals surface area contributed by atoms with Crippen LogP contribution in [-0.2, 0) is 0 Å². The molecule has 0 aromatic rings. The molecular weight excluding hydrogens is 184 g/mol.